The fourth-order valence-electron chi connectivity index (χ4n) is 3.90. The maximum Gasteiger partial charge on any atom is 0.225 e. The van der Waals surface area contributed by atoms with Gasteiger partial charge >= 0.3 is 0 Å². The summed E-state index contributed by atoms with van der Waals surface area (Å²) in [6.45, 7) is 1.09. The van der Waals surface area contributed by atoms with Crippen molar-refractivity contribution in [1.82, 2.24) is 20.0 Å². The Morgan fingerprint density at radius 2 is 2.00 bits per heavy atom. The first-order chi connectivity index (χ1) is 11.6. The number of likely N-dealkylation sites (tertiary alicyclic amines) is 1. The molecule has 2 aliphatic rings. The molecule has 1 saturated heterocycles. The Bertz CT molecular complexity index is 575. The highest BCUT2D eigenvalue weighted by molar-refractivity contribution is 5.84. The van der Waals surface area contributed by atoms with Crippen LogP contribution >= 0.6 is 0 Å². The summed E-state index contributed by atoms with van der Waals surface area (Å²) >= 11 is 0. The average Bonchev–Trinajstić information content (AvgIpc) is 2.83. The van der Waals surface area contributed by atoms with Gasteiger partial charge in [0.15, 0.2) is 0 Å². The first kappa shape index (κ1) is 17.0. The molecule has 1 aromatic rings. The van der Waals surface area contributed by atoms with E-state index in [9.17, 15) is 9.59 Å². The first-order valence-electron chi connectivity index (χ1n) is 9.18. The van der Waals surface area contributed by atoms with Crippen molar-refractivity contribution >= 4 is 11.8 Å². The van der Waals surface area contributed by atoms with Gasteiger partial charge in [-0.3, -0.25) is 14.3 Å². The van der Waals surface area contributed by atoms with Crippen molar-refractivity contribution in [2.45, 2.75) is 64.0 Å². The van der Waals surface area contributed by atoms with Crippen molar-refractivity contribution < 1.29 is 9.59 Å². The molecule has 132 valence electrons. The molecule has 24 heavy (non-hydrogen) atoms. The second-order valence-corrected chi connectivity index (χ2v) is 7.17. The van der Waals surface area contributed by atoms with Gasteiger partial charge in [0.05, 0.1) is 12.1 Å². The second-order valence-electron chi connectivity index (χ2n) is 7.17. The van der Waals surface area contributed by atoms with Crippen LogP contribution in [0, 0.1) is 5.92 Å². The minimum absolute atomic E-state index is 0.0602. The predicted octanol–water partition coefficient (Wildman–Crippen LogP) is 2.00. The lowest BCUT2D eigenvalue weighted by molar-refractivity contribution is -0.141. The highest BCUT2D eigenvalue weighted by Gasteiger charge is 2.34. The standard InChI is InChI=1S/C18H28N4O2/c1-21-12-14(11-20-21)10-19-18(24)15-8-9-17(23)22(13-15)16-6-4-2-3-5-7-16/h11-12,15-16H,2-10,13H2,1H3,(H,19,24)/t15-/m1/s1. The smallest absolute Gasteiger partial charge is 0.225 e. The van der Waals surface area contributed by atoms with Gasteiger partial charge in [-0.05, 0) is 19.3 Å². The Morgan fingerprint density at radius 1 is 1.25 bits per heavy atom. The van der Waals surface area contributed by atoms with E-state index in [-0.39, 0.29) is 17.7 Å². The van der Waals surface area contributed by atoms with E-state index >= 15 is 0 Å². The fraction of sp³-hybridized carbons (Fsp3) is 0.722. The molecular weight excluding hydrogens is 304 g/mol. The summed E-state index contributed by atoms with van der Waals surface area (Å²) in [7, 11) is 1.86. The molecule has 2 heterocycles. The van der Waals surface area contributed by atoms with Gasteiger partial charge in [-0.25, -0.2) is 0 Å². The fourth-order valence-corrected chi connectivity index (χ4v) is 3.90. The van der Waals surface area contributed by atoms with E-state index in [1.807, 2.05) is 18.1 Å². The molecule has 0 spiro atoms. The van der Waals surface area contributed by atoms with Crippen molar-refractivity contribution in [2.24, 2.45) is 13.0 Å². The van der Waals surface area contributed by atoms with Crippen LogP contribution in [0.25, 0.3) is 0 Å². The third-order valence-electron chi connectivity index (χ3n) is 5.31. The van der Waals surface area contributed by atoms with E-state index < -0.39 is 0 Å². The summed E-state index contributed by atoms with van der Waals surface area (Å²) < 4.78 is 1.73. The number of rotatable bonds is 4. The van der Waals surface area contributed by atoms with E-state index in [1.165, 1.54) is 25.7 Å². The molecule has 1 aliphatic carbocycles. The molecule has 1 saturated carbocycles. The lowest BCUT2D eigenvalue weighted by Gasteiger charge is -2.37. The molecule has 0 bridgehead atoms. The second kappa shape index (κ2) is 7.81. The van der Waals surface area contributed by atoms with E-state index in [0.29, 0.717) is 32.0 Å². The Balaban J connectivity index is 1.55. The summed E-state index contributed by atoms with van der Waals surface area (Å²) in [6, 6.07) is 0.342. The molecule has 6 nitrogen and oxygen atoms in total. The third-order valence-corrected chi connectivity index (χ3v) is 5.31. The lowest BCUT2D eigenvalue weighted by atomic mass is 9.93. The van der Waals surface area contributed by atoms with Gasteiger partial charge < -0.3 is 10.2 Å². The zero-order chi connectivity index (χ0) is 16.9. The summed E-state index contributed by atoms with van der Waals surface area (Å²) in [5.41, 5.74) is 0.998. The van der Waals surface area contributed by atoms with Gasteiger partial charge in [-0.15, -0.1) is 0 Å². The number of nitrogens with zero attached hydrogens (tertiary/aromatic N) is 3. The molecule has 3 rings (SSSR count). The van der Waals surface area contributed by atoms with E-state index in [0.717, 1.165) is 18.4 Å². The van der Waals surface area contributed by atoms with Crippen LogP contribution in [0.2, 0.25) is 0 Å². The molecule has 0 aromatic carbocycles. The van der Waals surface area contributed by atoms with Gasteiger partial charge in [0.2, 0.25) is 11.8 Å². The van der Waals surface area contributed by atoms with Crippen molar-refractivity contribution in [3.63, 3.8) is 0 Å². The van der Waals surface area contributed by atoms with Gasteiger partial charge in [0, 0.05) is 44.4 Å². The molecule has 2 amide bonds. The Kier molecular flexibility index (Phi) is 5.53. The molecular formula is C18H28N4O2. The minimum atomic E-state index is -0.0809. The van der Waals surface area contributed by atoms with Gasteiger partial charge in [0.25, 0.3) is 0 Å². The molecule has 1 aromatic heterocycles. The zero-order valence-electron chi connectivity index (χ0n) is 14.5. The van der Waals surface area contributed by atoms with Crippen LogP contribution in [-0.4, -0.2) is 39.1 Å². The Morgan fingerprint density at radius 3 is 2.67 bits per heavy atom. The predicted molar refractivity (Wildman–Crippen MR) is 91.0 cm³/mol. The summed E-state index contributed by atoms with van der Waals surface area (Å²) in [5, 5.41) is 7.11. The monoisotopic (exact) mass is 332 g/mol. The normalized spacial score (nSPS) is 23.1. The van der Waals surface area contributed by atoms with Crippen LogP contribution in [0.4, 0.5) is 0 Å². The maximum absolute atomic E-state index is 12.5. The molecule has 0 unspecified atom stereocenters. The van der Waals surface area contributed by atoms with Crippen LogP contribution in [0.1, 0.15) is 56.9 Å². The summed E-state index contributed by atoms with van der Waals surface area (Å²) in [5.74, 6) is 0.214. The van der Waals surface area contributed by atoms with E-state index in [1.54, 1.807) is 10.9 Å². The van der Waals surface area contributed by atoms with Crippen LogP contribution in [0.5, 0.6) is 0 Å². The molecule has 0 radical (unpaired) electrons. The van der Waals surface area contributed by atoms with Crippen LogP contribution < -0.4 is 5.32 Å². The molecule has 1 atom stereocenters. The molecule has 1 aliphatic heterocycles. The van der Waals surface area contributed by atoms with E-state index in [4.69, 9.17) is 0 Å². The number of hydrogen-bond donors (Lipinski definition) is 1. The largest absolute Gasteiger partial charge is 0.352 e. The number of amides is 2. The average molecular weight is 332 g/mol. The maximum atomic E-state index is 12.5. The quantitative estimate of drug-likeness (QED) is 0.858. The van der Waals surface area contributed by atoms with Crippen molar-refractivity contribution in [1.29, 1.82) is 0 Å². The number of carbonyl (C=O) groups excluding carboxylic acids is 2. The number of aryl methyl sites for hydroxylation is 1. The SMILES string of the molecule is Cn1cc(CNC(=O)[C@@H]2CCC(=O)N(C3CCCCCC3)C2)cn1. The van der Waals surface area contributed by atoms with Gasteiger partial charge in [-0.1, -0.05) is 25.7 Å². The van der Waals surface area contributed by atoms with Gasteiger partial charge in [-0.2, -0.15) is 5.10 Å². The Hall–Kier alpha value is -1.85. The topological polar surface area (TPSA) is 67.2 Å². The number of aromatic nitrogens is 2. The van der Waals surface area contributed by atoms with Crippen molar-refractivity contribution in [2.75, 3.05) is 6.54 Å². The van der Waals surface area contributed by atoms with Crippen LogP contribution in [0.3, 0.4) is 0 Å². The summed E-state index contributed by atoms with van der Waals surface area (Å²) in [6.07, 6.45) is 12.0. The molecule has 1 N–H and O–H groups in total. The van der Waals surface area contributed by atoms with Crippen LogP contribution in [-0.2, 0) is 23.2 Å². The molecule has 6 heteroatoms. The van der Waals surface area contributed by atoms with Crippen molar-refractivity contribution in [3.8, 4) is 0 Å². The van der Waals surface area contributed by atoms with E-state index in [2.05, 4.69) is 10.4 Å². The number of nitrogens with one attached hydrogen (secondary N) is 1. The third kappa shape index (κ3) is 4.16. The Labute approximate surface area is 143 Å². The number of piperidine rings is 1. The highest BCUT2D eigenvalue weighted by Crippen LogP contribution is 2.27. The number of carbonyl (C=O) groups is 2. The lowest BCUT2D eigenvalue weighted by Crippen LogP contribution is -2.49. The summed E-state index contributed by atoms with van der Waals surface area (Å²) in [4.78, 5) is 26.8. The molecule has 2 fully saturated rings. The van der Waals surface area contributed by atoms with Crippen molar-refractivity contribution in [3.05, 3.63) is 18.0 Å². The van der Waals surface area contributed by atoms with Gasteiger partial charge in [0.1, 0.15) is 0 Å². The van der Waals surface area contributed by atoms with Crippen LogP contribution in [0.15, 0.2) is 12.4 Å². The zero-order valence-corrected chi connectivity index (χ0v) is 14.5. The first-order valence-corrected chi connectivity index (χ1v) is 9.18. The minimum Gasteiger partial charge on any atom is -0.352 e. The highest BCUT2D eigenvalue weighted by atomic mass is 16.2. The number of hydrogen-bond acceptors (Lipinski definition) is 3.